The molecule has 0 unspecified atom stereocenters. The van der Waals surface area contributed by atoms with E-state index in [0.717, 1.165) is 0 Å². The molecule has 15 heteroatoms. The fraction of sp³-hybridized carbons (Fsp3) is 0.688. The molecule has 0 saturated heterocycles. The van der Waals surface area contributed by atoms with Gasteiger partial charge in [0.2, 0.25) is 17.7 Å². The molecule has 0 radical (unpaired) electrons. The first-order valence-corrected chi connectivity index (χ1v) is 9.27. The van der Waals surface area contributed by atoms with E-state index >= 15 is 0 Å². The highest BCUT2D eigenvalue weighted by atomic mass is 16.4. The predicted octanol–water partition coefficient (Wildman–Crippen LogP) is -4.73. The van der Waals surface area contributed by atoms with Gasteiger partial charge < -0.3 is 52.5 Å². The molecule has 4 atom stereocenters. The second-order valence-corrected chi connectivity index (χ2v) is 6.36. The van der Waals surface area contributed by atoms with Gasteiger partial charge in [-0.3, -0.25) is 14.4 Å². The number of carbonyl (C=O) groups excluding carboxylic acids is 3. The van der Waals surface area contributed by atoms with Crippen LogP contribution in [0.15, 0.2) is 0 Å². The summed E-state index contributed by atoms with van der Waals surface area (Å²) in [6, 6.07) is -6.16. The first-order valence-electron chi connectivity index (χ1n) is 9.27. The van der Waals surface area contributed by atoms with Gasteiger partial charge in [0.15, 0.2) is 0 Å². The van der Waals surface area contributed by atoms with Crippen LogP contribution in [0.25, 0.3) is 0 Å². The number of amides is 4. The smallest absolute Gasteiger partial charge is 0.405 e. The number of aliphatic carboxylic acids is 1. The lowest BCUT2D eigenvalue weighted by Crippen LogP contribution is -2.59. The maximum atomic E-state index is 12.2. The number of carboxylic acid groups (broad SMARTS) is 2. The van der Waals surface area contributed by atoms with E-state index < -0.39 is 73.8 Å². The third-order valence-corrected chi connectivity index (χ3v) is 3.99. The monoisotopic (exact) mass is 451 g/mol. The van der Waals surface area contributed by atoms with Crippen LogP contribution in [0.2, 0.25) is 0 Å². The summed E-state index contributed by atoms with van der Waals surface area (Å²) in [4.78, 5) is 58.3. The number of carbonyl (C=O) groups is 5. The van der Waals surface area contributed by atoms with E-state index in [1.807, 2.05) is 10.6 Å². The molecule has 31 heavy (non-hydrogen) atoms. The van der Waals surface area contributed by atoms with Gasteiger partial charge in [0.1, 0.15) is 24.2 Å². The molecule has 0 fully saturated rings. The average Bonchev–Trinajstić information content (AvgIpc) is 2.72. The zero-order chi connectivity index (χ0) is 24.0. The highest BCUT2D eigenvalue weighted by Gasteiger charge is 2.30. The molecular formula is C16H29N5O10. The third kappa shape index (κ3) is 10.5. The van der Waals surface area contributed by atoms with Crippen LogP contribution in [0.5, 0.6) is 0 Å². The average molecular weight is 451 g/mol. The Labute approximate surface area is 177 Å². The zero-order valence-electron chi connectivity index (χ0n) is 16.6. The van der Waals surface area contributed by atoms with Gasteiger partial charge >= 0.3 is 12.1 Å². The first kappa shape index (κ1) is 28.0. The van der Waals surface area contributed by atoms with Crippen molar-refractivity contribution in [3.05, 3.63) is 0 Å². The first-order chi connectivity index (χ1) is 14.6. The second kappa shape index (κ2) is 14.9. The van der Waals surface area contributed by atoms with E-state index in [1.54, 1.807) is 5.32 Å². The summed E-state index contributed by atoms with van der Waals surface area (Å²) in [6.45, 7) is -2.47. The van der Waals surface area contributed by atoms with Gasteiger partial charge in [0, 0.05) is 0 Å². The molecule has 0 aliphatic carbocycles. The summed E-state index contributed by atoms with van der Waals surface area (Å²) < 4.78 is 0. The number of unbranched alkanes of at least 4 members (excludes halogenated alkanes) is 1. The van der Waals surface area contributed by atoms with Crippen LogP contribution in [0.1, 0.15) is 19.3 Å². The van der Waals surface area contributed by atoms with Gasteiger partial charge in [-0.05, 0) is 25.8 Å². The SMILES string of the molecule is NCCCC[C@H](NC(=O)[C@H](CO)NC(=O)[C@H](CO)NC(=O)[C@H](CO)NC(=O)O)C(=O)O. The minimum atomic E-state index is -1.65. The number of nitrogens with two attached hydrogens (primary N) is 1. The minimum Gasteiger partial charge on any atom is -0.480 e. The van der Waals surface area contributed by atoms with Crippen molar-refractivity contribution in [2.45, 2.75) is 43.4 Å². The van der Waals surface area contributed by atoms with E-state index in [0.29, 0.717) is 19.4 Å². The lowest BCUT2D eigenvalue weighted by Gasteiger charge is -2.23. The van der Waals surface area contributed by atoms with E-state index in [9.17, 15) is 39.3 Å². The summed E-state index contributed by atoms with van der Waals surface area (Å²) in [6.07, 6.45) is -0.600. The molecule has 0 saturated carbocycles. The van der Waals surface area contributed by atoms with Gasteiger partial charge in [-0.2, -0.15) is 0 Å². The number of aliphatic hydroxyl groups is 3. The molecule has 11 N–H and O–H groups in total. The molecule has 4 amide bonds. The standard InChI is InChI=1S/C16H29N5O10/c17-4-2-1-3-8(15(28)29)18-12(25)9(5-22)19-13(26)10(6-23)20-14(27)11(7-24)21-16(30)31/h8-11,21-24H,1-7,17H2,(H,18,25)(H,19,26)(H,20,27)(H,28,29)(H,30,31)/t8-,9-,10-,11-/m0/s1. The Hall–Kier alpha value is -3.01. The lowest BCUT2D eigenvalue weighted by molar-refractivity contribution is -0.143. The topological polar surface area (TPSA) is 261 Å². The van der Waals surface area contributed by atoms with Gasteiger partial charge in [0.25, 0.3) is 0 Å². The van der Waals surface area contributed by atoms with Crippen molar-refractivity contribution in [1.82, 2.24) is 21.3 Å². The van der Waals surface area contributed by atoms with Crippen molar-refractivity contribution in [2.75, 3.05) is 26.4 Å². The highest BCUT2D eigenvalue weighted by molar-refractivity contribution is 5.94. The second-order valence-electron chi connectivity index (χ2n) is 6.36. The predicted molar refractivity (Wildman–Crippen MR) is 103 cm³/mol. The summed E-state index contributed by atoms with van der Waals surface area (Å²) in [7, 11) is 0. The summed E-state index contributed by atoms with van der Waals surface area (Å²) in [5.41, 5.74) is 5.33. The van der Waals surface area contributed by atoms with Crippen molar-refractivity contribution in [3.63, 3.8) is 0 Å². The van der Waals surface area contributed by atoms with Crippen LogP contribution in [0.4, 0.5) is 4.79 Å². The molecule has 0 heterocycles. The molecule has 0 aliphatic rings. The molecule has 0 rings (SSSR count). The van der Waals surface area contributed by atoms with E-state index in [1.165, 1.54) is 0 Å². The molecule has 0 bridgehead atoms. The molecule has 0 aromatic heterocycles. The van der Waals surface area contributed by atoms with Gasteiger partial charge in [0.05, 0.1) is 19.8 Å². The zero-order valence-corrected chi connectivity index (χ0v) is 16.6. The Morgan fingerprint density at radius 2 is 1.03 bits per heavy atom. The van der Waals surface area contributed by atoms with Crippen LogP contribution in [0, 0.1) is 0 Å². The number of rotatable bonds is 15. The van der Waals surface area contributed by atoms with Gasteiger partial charge in [-0.25, -0.2) is 9.59 Å². The molecule has 178 valence electrons. The summed E-state index contributed by atoms with van der Waals surface area (Å²) >= 11 is 0. The normalized spacial score (nSPS) is 14.5. The summed E-state index contributed by atoms with van der Waals surface area (Å²) in [5, 5.41) is 53.4. The van der Waals surface area contributed by atoms with E-state index in [-0.39, 0.29) is 6.42 Å². The van der Waals surface area contributed by atoms with Gasteiger partial charge in [-0.15, -0.1) is 0 Å². The Morgan fingerprint density at radius 3 is 1.35 bits per heavy atom. The van der Waals surface area contributed by atoms with E-state index in [2.05, 4.69) is 5.32 Å². The maximum Gasteiger partial charge on any atom is 0.405 e. The van der Waals surface area contributed by atoms with Crippen LogP contribution in [-0.2, 0) is 19.2 Å². The fourth-order valence-corrected chi connectivity index (χ4v) is 2.30. The minimum absolute atomic E-state index is 0.0683. The Balaban J connectivity index is 5.02. The Kier molecular flexibility index (Phi) is 13.4. The van der Waals surface area contributed by atoms with Crippen molar-refractivity contribution in [1.29, 1.82) is 0 Å². The Morgan fingerprint density at radius 1 is 0.645 bits per heavy atom. The molecular weight excluding hydrogens is 422 g/mol. The number of aliphatic hydroxyl groups excluding tert-OH is 3. The highest BCUT2D eigenvalue weighted by Crippen LogP contribution is 2.02. The molecule has 15 nitrogen and oxygen atoms in total. The van der Waals surface area contributed by atoms with Crippen molar-refractivity contribution >= 4 is 29.8 Å². The van der Waals surface area contributed by atoms with Crippen LogP contribution in [0.3, 0.4) is 0 Å². The van der Waals surface area contributed by atoms with Crippen LogP contribution < -0.4 is 27.0 Å². The van der Waals surface area contributed by atoms with Crippen molar-refractivity contribution < 1.29 is 49.5 Å². The van der Waals surface area contributed by atoms with Gasteiger partial charge in [-0.1, -0.05) is 0 Å². The largest absolute Gasteiger partial charge is 0.480 e. The molecule has 0 aromatic rings. The maximum absolute atomic E-state index is 12.2. The van der Waals surface area contributed by atoms with Crippen molar-refractivity contribution in [2.24, 2.45) is 5.73 Å². The number of hydrogen-bond acceptors (Lipinski definition) is 9. The van der Waals surface area contributed by atoms with E-state index in [4.69, 9.17) is 15.9 Å². The van der Waals surface area contributed by atoms with Crippen molar-refractivity contribution in [3.8, 4) is 0 Å². The molecule has 0 spiro atoms. The molecule has 0 aromatic carbocycles. The number of hydrogen-bond donors (Lipinski definition) is 10. The Bertz CT molecular complexity index is 632. The molecule has 0 aliphatic heterocycles. The number of carboxylic acids is 1. The third-order valence-electron chi connectivity index (χ3n) is 3.99. The van der Waals surface area contributed by atoms with Crippen LogP contribution >= 0.6 is 0 Å². The summed E-state index contributed by atoms with van der Waals surface area (Å²) in [5.74, 6) is -4.59. The number of nitrogens with one attached hydrogen (secondary N) is 4. The quantitative estimate of drug-likeness (QED) is 0.106. The van der Waals surface area contributed by atoms with Crippen LogP contribution in [-0.4, -0.2) is 106 Å². The fourth-order valence-electron chi connectivity index (χ4n) is 2.30. The lowest BCUT2D eigenvalue weighted by atomic mass is 10.1.